The highest BCUT2D eigenvalue weighted by Crippen LogP contribution is 2.51. The molecule has 1 fully saturated rings. The van der Waals surface area contributed by atoms with Gasteiger partial charge in [0.25, 0.3) is 0 Å². The van der Waals surface area contributed by atoms with E-state index < -0.39 is 48.4 Å². The minimum atomic E-state index is -4.63. The number of ketones is 1. The van der Waals surface area contributed by atoms with Gasteiger partial charge < -0.3 is 15.5 Å². The first-order chi connectivity index (χ1) is 17.5. The van der Waals surface area contributed by atoms with Crippen LogP contribution < -0.4 is 15.5 Å². The Morgan fingerprint density at radius 2 is 2.03 bits per heavy atom. The van der Waals surface area contributed by atoms with Gasteiger partial charge in [-0.25, -0.2) is 4.39 Å². The van der Waals surface area contributed by atoms with Crippen molar-refractivity contribution in [2.45, 2.75) is 30.5 Å². The number of aromatic nitrogens is 2. The van der Waals surface area contributed by atoms with Crippen molar-refractivity contribution in [1.29, 1.82) is 0 Å². The summed E-state index contributed by atoms with van der Waals surface area (Å²) in [6, 6.07) is 6.45. The lowest BCUT2D eigenvalue weighted by Gasteiger charge is -2.37. The molecule has 194 valence electrons. The minimum absolute atomic E-state index is 0.0784. The number of rotatable bonds is 5. The molecular formula is C24H20ClF4N5O3. The molecule has 37 heavy (non-hydrogen) atoms. The van der Waals surface area contributed by atoms with Gasteiger partial charge in [0.05, 0.1) is 33.9 Å². The summed E-state index contributed by atoms with van der Waals surface area (Å²) in [6.07, 6.45) is -2.99. The molecule has 2 aromatic carbocycles. The number of hydrogen-bond donors (Lipinski definition) is 3. The third-order valence-electron chi connectivity index (χ3n) is 6.82. The number of alkyl halides is 3. The summed E-state index contributed by atoms with van der Waals surface area (Å²) in [5, 5.41) is 12.0. The number of hydrogen-bond acceptors (Lipinski definition) is 5. The number of halogens is 5. The summed E-state index contributed by atoms with van der Waals surface area (Å²) >= 11 is 6.33. The van der Waals surface area contributed by atoms with Crippen LogP contribution in [0.2, 0.25) is 5.02 Å². The Bertz CT molecular complexity index is 1430. The monoisotopic (exact) mass is 537 g/mol. The van der Waals surface area contributed by atoms with E-state index in [1.165, 1.54) is 6.07 Å². The minimum Gasteiger partial charge on any atom is -0.345 e. The van der Waals surface area contributed by atoms with E-state index in [9.17, 15) is 31.9 Å². The second kappa shape index (κ2) is 9.10. The fourth-order valence-electron chi connectivity index (χ4n) is 5.14. The third-order valence-corrected chi connectivity index (χ3v) is 7.19. The van der Waals surface area contributed by atoms with Crippen LogP contribution in [-0.4, -0.2) is 59.6 Å². The van der Waals surface area contributed by atoms with Crippen LogP contribution in [0.3, 0.4) is 0 Å². The Balaban J connectivity index is 1.47. The fourth-order valence-corrected chi connectivity index (χ4v) is 5.48. The molecule has 1 saturated heterocycles. The molecule has 0 saturated carbocycles. The van der Waals surface area contributed by atoms with E-state index in [1.54, 1.807) is 29.7 Å². The number of nitrogens with zero attached hydrogens (tertiary/aromatic N) is 2. The summed E-state index contributed by atoms with van der Waals surface area (Å²) < 4.78 is 52.2. The largest absolute Gasteiger partial charge is 0.405 e. The van der Waals surface area contributed by atoms with Gasteiger partial charge >= 0.3 is 6.18 Å². The molecule has 3 aromatic rings. The van der Waals surface area contributed by atoms with Crippen LogP contribution in [0.25, 0.3) is 10.9 Å². The van der Waals surface area contributed by atoms with Crippen molar-refractivity contribution in [1.82, 2.24) is 20.8 Å². The number of fused-ring (bicyclic) bond motifs is 3. The topological polar surface area (TPSA) is 107 Å². The molecule has 0 aliphatic carbocycles. The van der Waals surface area contributed by atoms with Crippen molar-refractivity contribution in [2.24, 2.45) is 0 Å². The molecule has 2 amide bonds. The standard InChI is InChI=1S/C24H20ClF4N5O3/c25-20-14(26)2-4-17-19(20)23(22(37)34(17)10-18(35)31-11-24(27,28)29)5-6-30-16(8-23)21(36)12-1-3-15-13(7-12)9-32-33-15/h1-4,7,9,16,30H,5-6,8,10-11H2,(H,31,35)(H,32,33). The summed E-state index contributed by atoms with van der Waals surface area (Å²) in [5.74, 6) is -2.75. The first kappa shape index (κ1) is 25.2. The van der Waals surface area contributed by atoms with Crippen molar-refractivity contribution in [3.63, 3.8) is 0 Å². The van der Waals surface area contributed by atoms with Crippen LogP contribution in [0.15, 0.2) is 36.5 Å². The quantitative estimate of drug-likeness (QED) is 0.342. The molecule has 1 aromatic heterocycles. The number of aromatic amines is 1. The van der Waals surface area contributed by atoms with E-state index in [-0.39, 0.29) is 41.4 Å². The van der Waals surface area contributed by atoms with Crippen LogP contribution in [-0.2, 0) is 15.0 Å². The molecular weight excluding hydrogens is 518 g/mol. The molecule has 2 atom stereocenters. The van der Waals surface area contributed by atoms with Crippen molar-refractivity contribution < 1.29 is 31.9 Å². The molecule has 1 spiro atoms. The number of benzene rings is 2. The van der Waals surface area contributed by atoms with Crippen molar-refractivity contribution in [3.8, 4) is 0 Å². The Morgan fingerprint density at radius 3 is 2.78 bits per heavy atom. The normalized spacial score (nSPS) is 21.5. The predicted octanol–water partition coefficient (Wildman–Crippen LogP) is 3.25. The van der Waals surface area contributed by atoms with E-state index in [4.69, 9.17) is 11.6 Å². The number of H-pyrrole nitrogens is 1. The van der Waals surface area contributed by atoms with Gasteiger partial charge in [-0.05, 0) is 49.7 Å². The van der Waals surface area contributed by atoms with Gasteiger partial charge in [-0.3, -0.25) is 19.5 Å². The SMILES string of the molecule is O=C(CN1C(=O)C2(CCNC(C(=O)c3ccc4[nH]ncc4c3)C2)c2c1ccc(F)c2Cl)NCC(F)(F)F. The van der Waals surface area contributed by atoms with Crippen molar-refractivity contribution in [3.05, 3.63) is 58.5 Å². The van der Waals surface area contributed by atoms with Crippen LogP contribution in [0.4, 0.5) is 23.2 Å². The lowest BCUT2D eigenvalue weighted by molar-refractivity contribution is -0.138. The Labute approximate surface area is 212 Å². The maximum Gasteiger partial charge on any atom is 0.405 e. The lowest BCUT2D eigenvalue weighted by Crippen LogP contribution is -2.55. The van der Waals surface area contributed by atoms with E-state index >= 15 is 0 Å². The first-order valence-electron chi connectivity index (χ1n) is 11.3. The number of anilines is 1. The molecule has 0 radical (unpaired) electrons. The van der Waals surface area contributed by atoms with Gasteiger partial charge in [0.15, 0.2) is 5.78 Å². The van der Waals surface area contributed by atoms with E-state index in [0.29, 0.717) is 5.56 Å². The maximum absolute atomic E-state index is 14.6. The Hall–Kier alpha value is -3.51. The van der Waals surface area contributed by atoms with E-state index in [1.807, 2.05) is 0 Å². The average Bonchev–Trinajstić information content (AvgIpc) is 3.41. The zero-order valence-electron chi connectivity index (χ0n) is 19.1. The van der Waals surface area contributed by atoms with Crippen molar-refractivity contribution >= 4 is 45.8 Å². The second-order valence-electron chi connectivity index (χ2n) is 9.12. The molecule has 3 heterocycles. The van der Waals surface area contributed by atoms with Gasteiger partial charge in [-0.2, -0.15) is 18.3 Å². The molecule has 8 nitrogen and oxygen atoms in total. The van der Waals surface area contributed by atoms with E-state index in [0.717, 1.165) is 21.9 Å². The summed E-state index contributed by atoms with van der Waals surface area (Å²) in [6.45, 7) is -2.07. The number of piperidine rings is 1. The van der Waals surface area contributed by atoms with Gasteiger partial charge in [0.1, 0.15) is 18.9 Å². The zero-order chi connectivity index (χ0) is 26.5. The lowest BCUT2D eigenvalue weighted by atomic mass is 9.70. The Kier molecular flexibility index (Phi) is 6.19. The predicted molar refractivity (Wildman–Crippen MR) is 126 cm³/mol. The number of nitrogens with one attached hydrogen (secondary N) is 3. The summed E-state index contributed by atoms with van der Waals surface area (Å²) in [4.78, 5) is 40.5. The Morgan fingerprint density at radius 1 is 1.24 bits per heavy atom. The highest BCUT2D eigenvalue weighted by Gasteiger charge is 2.55. The molecule has 3 N–H and O–H groups in total. The highest BCUT2D eigenvalue weighted by atomic mass is 35.5. The van der Waals surface area contributed by atoms with Crippen LogP contribution in [0.1, 0.15) is 28.8 Å². The van der Waals surface area contributed by atoms with Gasteiger partial charge in [0, 0.05) is 16.5 Å². The maximum atomic E-state index is 14.6. The number of Topliss-reactive ketones (excluding diaryl/α,β-unsaturated/α-hetero) is 1. The first-order valence-corrected chi connectivity index (χ1v) is 11.7. The van der Waals surface area contributed by atoms with Crippen LogP contribution >= 0.6 is 11.6 Å². The molecule has 13 heteroatoms. The summed E-state index contributed by atoms with van der Waals surface area (Å²) in [5.41, 5.74) is -0.0580. The molecule has 2 unspecified atom stereocenters. The third kappa shape index (κ3) is 4.44. The second-order valence-corrected chi connectivity index (χ2v) is 9.50. The van der Waals surface area contributed by atoms with Gasteiger partial charge in [-0.15, -0.1) is 0 Å². The van der Waals surface area contributed by atoms with E-state index in [2.05, 4.69) is 15.5 Å². The van der Waals surface area contributed by atoms with Crippen LogP contribution in [0.5, 0.6) is 0 Å². The molecule has 2 aliphatic heterocycles. The smallest absolute Gasteiger partial charge is 0.345 e. The van der Waals surface area contributed by atoms with Crippen molar-refractivity contribution in [2.75, 3.05) is 24.5 Å². The highest BCUT2D eigenvalue weighted by molar-refractivity contribution is 6.33. The zero-order valence-corrected chi connectivity index (χ0v) is 19.8. The molecule has 2 aliphatic rings. The number of carbonyl (C=O) groups is 3. The number of carbonyl (C=O) groups excluding carboxylic acids is 3. The van der Waals surface area contributed by atoms with Gasteiger partial charge in [-0.1, -0.05) is 11.6 Å². The summed E-state index contributed by atoms with van der Waals surface area (Å²) in [7, 11) is 0. The average molecular weight is 538 g/mol. The number of amides is 2. The fraction of sp³-hybridized carbons (Fsp3) is 0.333. The molecule has 0 bridgehead atoms. The molecule has 5 rings (SSSR count). The van der Waals surface area contributed by atoms with Crippen LogP contribution in [0, 0.1) is 5.82 Å². The van der Waals surface area contributed by atoms with Gasteiger partial charge in [0.2, 0.25) is 11.8 Å².